The molecule has 2 fully saturated rings. The lowest BCUT2D eigenvalue weighted by Gasteiger charge is -2.48. The van der Waals surface area contributed by atoms with Gasteiger partial charge >= 0.3 is 0 Å². The summed E-state index contributed by atoms with van der Waals surface area (Å²) in [5.41, 5.74) is 1.19. The Hall–Kier alpha value is -1.25. The van der Waals surface area contributed by atoms with Crippen molar-refractivity contribution in [1.29, 1.82) is 0 Å². The van der Waals surface area contributed by atoms with E-state index < -0.39 is 0 Å². The first-order chi connectivity index (χ1) is 13.5. The predicted octanol–water partition coefficient (Wildman–Crippen LogP) is 3.10. The van der Waals surface area contributed by atoms with Crippen molar-refractivity contribution in [2.45, 2.75) is 44.6 Å². The third-order valence-corrected chi connectivity index (χ3v) is 7.72. The van der Waals surface area contributed by atoms with Crippen molar-refractivity contribution in [2.24, 2.45) is 0 Å². The summed E-state index contributed by atoms with van der Waals surface area (Å²) in [4.78, 5) is 20.1. The molecule has 2 aliphatic rings. The first-order valence-corrected chi connectivity index (χ1v) is 11.7. The third-order valence-electron chi connectivity index (χ3n) is 5.84. The van der Waals surface area contributed by atoms with Gasteiger partial charge < -0.3 is 15.0 Å². The molecule has 1 unspecified atom stereocenters. The maximum atomic E-state index is 12.7. The molecule has 0 saturated carbocycles. The lowest BCUT2D eigenvalue weighted by molar-refractivity contribution is -0.182. The van der Waals surface area contributed by atoms with E-state index in [4.69, 9.17) is 4.74 Å². The number of hydrogen-bond donors (Lipinski definition) is 1. The van der Waals surface area contributed by atoms with Crippen molar-refractivity contribution in [2.75, 3.05) is 33.2 Å². The fourth-order valence-corrected chi connectivity index (χ4v) is 5.81. The Kier molecular flexibility index (Phi) is 6.18. The molecule has 5 nitrogen and oxygen atoms in total. The van der Waals surface area contributed by atoms with E-state index in [0.29, 0.717) is 13.1 Å². The maximum Gasteiger partial charge on any atom is 0.250 e. The molecule has 2 saturated heterocycles. The van der Waals surface area contributed by atoms with Gasteiger partial charge in [0.15, 0.2) is 0 Å². The van der Waals surface area contributed by atoms with Crippen LogP contribution in [-0.4, -0.2) is 60.6 Å². The molecule has 2 aliphatic heterocycles. The summed E-state index contributed by atoms with van der Waals surface area (Å²) in [7, 11) is 2.10. The van der Waals surface area contributed by atoms with Crippen LogP contribution in [0.25, 0.3) is 0 Å². The van der Waals surface area contributed by atoms with E-state index in [2.05, 4.69) is 40.5 Å². The van der Waals surface area contributed by atoms with Crippen LogP contribution in [0.4, 0.5) is 0 Å². The summed E-state index contributed by atoms with van der Waals surface area (Å²) >= 11 is 3.51. The van der Waals surface area contributed by atoms with Crippen molar-refractivity contribution in [3.05, 3.63) is 44.3 Å². The quantitative estimate of drug-likeness (QED) is 0.809. The largest absolute Gasteiger partial charge is 0.359 e. The highest BCUT2D eigenvalue weighted by atomic mass is 32.1. The van der Waals surface area contributed by atoms with Crippen LogP contribution < -0.4 is 5.32 Å². The Bertz CT molecular complexity index is 781. The summed E-state index contributed by atoms with van der Waals surface area (Å²) in [6.07, 6.45) is 1.58. The molecule has 1 N–H and O–H groups in total. The lowest BCUT2D eigenvalue weighted by Crippen LogP contribution is -2.61. The number of amides is 1. The number of hydrogen-bond acceptors (Lipinski definition) is 6. The number of likely N-dealkylation sites (tertiary alicyclic amines) is 1. The van der Waals surface area contributed by atoms with Crippen molar-refractivity contribution >= 4 is 28.6 Å². The van der Waals surface area contributed by atoms with Gasteiger partial charge in [0.2, 0.25) is 0 Å². The van der Waals surface area contributed by atoms with E-state index in [9.17, 15) is 4.79 Å². The molecule has 1 spiro atoms. The number of rotatable bonds is 5. The number of thiophene rings is 2. The van der Waals surface area contributed by atoms with E-state index in [0.717, 1.165) is 39.0 Å². The summed E-state index contributed by atoms with van der Waals surface area (Å²) in [5.74, 6) is 0.0102. The molecule has 4 heterocycles. The van der Waals surface area contributed by atoms with Gasteiger partial charge in [0, 0.05) is 42.5 Å². The molecule has 1 atom stereocenters. The van der Waals surface area contributed by atoms with Crippen LogP contribution in [-0.2, 0) is 22.6 Å². The minimum Gasteiger partial charge on any atom is -0.359 e. The zero-order chi connectivity index (χ0) is 19.6. The number of ether oxygens (including phenoxy) is 1. The van der Waals surface area contributed by atoms with Gasteiger partial charge in [-0.1, -0.05) is 6.07 Å². The summed E-state index contributed by atoms with van der Waals surface area (Å²) < 4.78 is 6.45. The van der Waals surface area contributed by atoms with E-state index >= 15 is 0 Å². The molecular weight excluding hydrogens is 390 g/mol. The third kappa shape index (κ3) is 4.66. The Balaban J connectivity index is 1.32. The van der Waals surface area contributed by atoms with Crippen LogP contribution in [0.3, 0.4) is 0 Å². The standard InChI is InChI=1S/C21H29N3O2S2/c1-16-5-11-28-19(16)14-24-8-6-21(7-9-24)15-23(2)13-18(26-21)20(25)22-12-17-4-3-10-27-17/h3-5,10-11,18H,6-9,12-15H2,1-2H3,(H,22,25). The molecule has 1 amide bonds. The summed E-state index contributed by atoms with van der Waals surface area (Å²) in [5, 5.41) is 7.26. The van der Waals surface area contributed by atoms with Crippen molar-refractivity contribution in [3.8, 4) is 0 Å². The van der Waals surface area contributed by atoms with Gasteiger partial charge in [-0.3, -0.25) is 9.69 Å². The van der Waals surface area contributed by atoms with Gasteiger partial charge in [-0.05, 0) is 55.3 Å². The highest BCUT2D eigenvalue weighted by Crippen LogP contribution is 2.33. The van der Waals surface area contributed by atoms with Crippen LogP contribution in [0.1, 0.15) is 28.2 Å². The van der Waals surface area contributed by atoms with Gasteiger partial charge in [0.1, 0.15) is 6.10 Å². The average Bonchev–Trinajstić information content (AvgIpc) is 3.33. The topological polar surface area (TPSA) is 44.8 Å². The normalized spacial score (nSPS) is 23.1. The molecule has 28 heavy (non-hydrogen) atoms. The Morgan fingerprint density at radius 2 is 2.11 bits per heavy atom. The molecule has 7 heteroatoms. The molecule has 0 radical (unpaired) electrons. The van der Waals surface area contributed by atoms with Crippen molar-refractivity contribution in [3.63, 3.8) is 0 Å². The number of aryl methyl sites for hydroxylation is 1. The second kappa shape index (κ2) is 8.63. The fraction of sp³-hybridized carbons (Fsp3) is 0.571. The molecule has 0 bridgehead atoms. The zero-order valence-corrected chi connectivity index (χ0v) is 18.3. The number of nitrogens with zero attached hydrogens (tertiary/aromatic N) is 2. The number of carbonyl (C=O) groups excluding carboxylic acids is 1. The number of morpholine rings is 1. The number of carbonyl (C=O) groups is 1. The van der Waals surface area contributed by atoms with E-state index in [-0.39, 0.29) is 17.6 Å². The smallest absolute Gasteiger partial charge is 0.250 e. The monoisotopic (exact) mass is 419 g/mol. The van der Waals surface area contributed by atoms with Crippen LogP contribution >= 0.6 is 22.7 Å². The van der Waals surface area contributed by atoms with Gasteiger partial charge in [0.25, 0.3) is 5.91 Å². The van der Waals surface area contributed by atoms with Crippen LogP contribution in [0, 0.1) is 6.92 Å². The number of piperidine rings is 1. The summed E-state index contributed by atoms with van der Waals surface area (Å²) in [6.45, 7) is 7.42. The molecule has 2 aromatic heterocycles. The molecule has 2 aromatic rings. The van der Waals surface area contributed by atoms with Crippen LogP contribution in [0.15, 0.2) is 29.0 Å². The van der Waals surface area contributed by atoms with Gasteiger partial charge in [-0.15, -0.1) is 22.7 Å². The minimum absolute atomic E-state index is 0.0102. The number of nitrogens with one attached hydrogen (secondary N) is 1. The van der Waals surface area contributed by atoms with Gasteiger partial charge in [-0.2, -0.15) is 0 Å². The average molecular weight is 420 g/mol. The molecule has 0 aliphatic carbocycles. The molecular formula is C21H29N3O2S2. The van der Waals surface area contributed by atoms with E-state index in [1.54, 1.807) is 11.3 Å². The first kappa shape index (κ1) is 20.0. The lowest BCUT2D eigenvalue weighted by atomic mass is 9.88. The molecule has 152 valence electrons. The molecule has 0 aromatic carbocycles. The maximum absolute atomic E-state index is 12.7. The second-order valence-electron chi connectivity index (χ2n) is 8.09. The fourth-order valence-electron chi connectivity index (χ4n) is 4.22. The van der Waals surface area contributed by atoms with Gasteiger partial charge in [0.05, 0.1) is 12.1 Å². The first-order valence-electron chi connectivity index (χ1n) is 9.95. The van der Waals surface area contributed by atoms with Gasteiger partial charge in [-0.25, -0.2) is 0 Å². The highest BCUT2D eigenvalue weighted by Gasteiger charge is 2.44. The van der Waals surface area contributed by atoms with Crippen LogP contribution in [0.5, 0.6) is 0 Å². The van der Waals surface area contributed by atoms with Crippen LogP contribution in [0.2, 0.25) is 0 Å². The van der Waals surface area contributed by atoms with E-state index in [1.807, 2.05) is 28.8 Å². The molecule has 4 rings (SSSR count). The highest BCUT2D eigenvalue weighted by molar-refractivity contribution is 7.10. The Morgan fingerprint density at radius 3 is 2.79 bits per heavy atom. The second-order valence-corrected chi connectivity index (χ2v) is 10.1. The Morgan fingerprint density at radius 1 is 1.29 bits per heavy atom. The zero-order valence-electron chi connectivity index (χ0n) is 16.6. The predicted molar refractivity (Wildman–Crippen MR) is 115 cm³/mol. The van der Waals surface area contributed by atoms with E-state index in [1.165, 1.54) is 15.3 Å². The van der Waals surface area contributed by atoms with Crippen molar-refractivity contribution < 1.29 is 9.53 Å². The minimum atomic E-state index is -0.384. The van der Waals surface area contributed by atoms with Crippen molar-refractivity contribution in [1.82, 2.24) is 15.1 Å². The SMILES string of the molecule is Cc1ccsc1CN1CCC2(CC1)CN(C)CC(C(=O)NCc1cccs1)O2. The number of likely N-dealkylation sites (N-methyl/N-ethyl adjacent to an activating group) is 1. The summed E-state index contributed by atoms with van der Waals surface area (Å²) in [6, 6.07) is 6.26. The Labute approximate surface area is 175 Å².